The zero-order valence-corrected chi connectivity index (χ0v) is 11.7. The Morgan fingerprint density at radius 2 is 2.16 bits per heavy atom. The third-order valence-corrected chi connectivity index (χ3v) is 3.12. The number of amides is 2. The first-order valence-electron chi connectivity index (χ1n) is 6.71. The zero-order valence-electron chi connectivity index (χ0n) is 11.7. The van der Waals surface area contributed by atoms with E-state index in [1.807, 2.05) is 36.4 Å². The third kappa shape index (κ3) is 3.96. The number of aromatic nitrogens is 2. The van der Waals surface area contributed by atoms with Gasteiger partial charge in [-0.1, -0.05) is 0 Å². The molecule has 2 amide bonds. The number of ether oxygens (including phenoxy) is 1. The molecule has 19 heavy (non-hydrogen) atoms. The maximum atomic E-state index is 12.2. The molecule has 0 unspecified atom stereocenters. The maximum Gasteiger partial charge on any atom is 0.317 e. The van der Waals surface area contributed by atoms with Crippen LogP contribution in [-0.2, 0) is 11.3 Å². The summed E-state index contributed by atoms with van der Waals surface area (Å²) < 4.78 is 7.58. The van der Waals surface area contributed by atoms with Crippen LogP contribution in [0.5, 0.6) is 0 Å². The Morgan fingerprint density at radius 3 is 2.74 bits per heavy atom. The Bertz CT molecular complexity index is 397. The molecule has 2 rings (SSSR count). The molecule has 0 aliphatic carbocycles. The quantitative estimate of drug-likeness (QED) is 0.891. The summed E-state index contributed by atoms with van der Waals surface area (Å²) in [6, 6.07) is 0.0461. The van der Waals surface area contributed by atoms with E-state index in [0.29, 0.717) is 13.1 Å². The average molecular weight is 266 g/mol. The van der Waals surface area contributed by atoms with Gasteiger partial charge >= 0.3 is 6.03 Å². The zero-order chi connectivity index (χ0) is 13.8. The normalized spacial score (nSPS) is 25.1. The van der Waals surface area contributed by atoms with Crippen LogP contribution in [0.3, 0.4) is 0 Å². The highest BCUT2D eigenvalue weighted by molar-refractivity contribution is 5.74. The lowest BCUT2D eigenvalue weighted by Gasteiger charge is -2.35. The summed E-state index contributed by atoms with van der Waals surface area (Å²) in [6.07, 6.45) is 5.57. The lowest BCUT2D eigenvalue weighted by atomic mass is 10.2. The number of rotatable bonds is 3. The molecule has 1 aliphatic heterocycles. The summed E-state index contributed by atoms with van der Waals surface area (Å²) >= 11 is 0. The minimum atomic E-state index is -0.0189. The Hall–Kier alpha value is -1.56. The molecule has 1 aliphatic rings. The molecule has 0 saturated carbocycles. The number of imidazole rings is 1. The average Bonchev–Trinajstić information content (AvgIpc) is 2.80. The van der Waals surface area contributed by atoms with Crippen molar-refractivity contribution in [3.05, 3.63) is 18.7 Å². The van der Waals surface area contributed by atoms with Crippen molar-refractivity contribution in [3.63, 3.8) is 0 Å². The fraction of sp³-hybridized carbons (Fsp3) is 0.692. The first-order chi connectivity index (χ1) is 9.04. The second-order valence-electron chi connectivity index (χ2n) is 5.27. The van der Waals surface area contributed by atoms with Crippen molar-refractivity contribution in [1.29, 1.82) is 0 Å². The SMILES string of the molecule is C[C@@H]1CN(C(=O)N[C@@H](C)Cn2ccnc2)C[C@H](C)O1. The Labute approximate surface area is 113 Å². The van der Waals surface area contributed by atoms with Crippen LogP contribution in [-0.4, -0.2) is 51.8 Å². The lowest BCUT2D eigenvalue weighted by Crippen LogP contribution is -2.53. The van der Waals surface area contributed by atoms with E-state index < -0.39 is 0 Å². The molecule has 6 nitrogen and oxygen atoms in total. The van der Waals surface area contributed by atoms with Crippen LogP contribution >= 0.6 is 0 Å². The van der Waals surface area contributed by atoms with Gasteiger partial charge in [0, 0.05) is 38.1 Å². The largest absolute Gasteiger partial charge is 0.372 e. The predicted molar refractivity (Wildman–Crippen MR) is 71.8 cm³/mol. The van der Waals surface area contributed by atoms with Crippen LogP contribution in [0.1, 0.15) is 20.8 Å². The first-order valence-corrected chi connectivity index (χ1v) is 6.71. The Morgan fingerprint density at radius 1 is 1.47 bits per heavy atom. The topological polar surface area (TPSA) is 59.4 Å². The molecule has 3 atom stereocenters. The van der Waals surface area contributed by atoms with Gasteiger partial charge in [-0.25, -0.2) is 9.78 Å². The molecule has 2 heterocycles. The molecule has 1 saturated heterocycles. The van der Waals surface area contributed by atoms with E-state index in [1.54, 1.807) is 12.5 Å². The van der Waals surface area contributed by atoms with Crippen molar-refractivity contribution in [2.75, 3.05) is 13.1 Å². The molecule has 1 fully saturated rings. The van der Waals surface area contributed by atoms with Crippen molar-refractivity contribution in [3.8, 4) is 0 Å². The van der Waals surface area contributed by atoms with Gasteiger partial charge in [0.05, 0.1) is 18.5 Å². The van der Waals surface area contributed by atoms with Crippen LogP contribution in [0.4, 0.5) is 4.79 Å². The summed E-state index contributed by atoms with van der Waals surface area (Å²) in [7, 11) is 0. The predicted octanol–water partition coefficient (Wildman–Crippen LogP) is 1.09. The molecular weight excluding hydrogens is 244 g/mol. The van der Waals surface area contributed by atoms with Gasteiger partial charge in [0.2, 0.25) is 0 Å². The highest BCUT2D eigenvalue weighted by Gasteiger charge is 2.26. The van der Waals surface area contributed by atoms with Gasteiger partial charge in [0.25, 0.3) is 0 Å². The third-order valence-electron chi connectivity index (χ3n) is 3.12. The number of hydrogen-bond donors (Lipinski definition) is 1. The number of nitrogens with one attached hydrogen (secondary N) is 1. The number of hydrogen-bond acceptors (Lipinski definition) is 3. The molecule has 0 bridgehead atoms. The smallest absolute Gasteiger partial charge is 0.317 e. The highest BCUT2D eigenvalue weighted by atomic mass is 16.5. The number of nitrogens with zero attached hydrogens (tertiary/aromatic N) is 3. The number of morpholine rings is 1. The van der Waals surface area contributed by atoms with E-state index in [2.05, 4.69) is 10.3 Å². The van der Waals surface area contributed by atoms with Crippen LogP contribution < -0.4 is 5.32 Å². The van der Waals surface area contributed by atoms with Crippen LogP contribution in [0, 0.1) is 0 Å². The molecule has 0 aromatic carbocycles. The second kappa shape index (κ2) is 6.06. The molecule has 1 aromatic heterocycles. The second-order valence-corrected chi connectivity index (χ2v) is 5.27. The summed E-state index contributed by atoms with van der Waals surface area (Å²) in [4.78, 5) is 18.0. The molecule has 1 N–H and O–H groups in total. The van der Waals surface area contributed by atoms with Crippen LogP contribution in [0.15, 0.2) is 18.7 Å². The van der Waals surface area contributed by atoms with Gasteiger partial charge in [-0.2, -0.15) is 0 Å². The van der Waals surface area contributed by atoms with E-state index >= 15 is 0 Å². The molecule has 0 spiro atoms. The minimum absolute atomic E-state index is 0.0189. The van der Waals surface area contributed by atoms with Crippen molar-refractivity contribution in [2.24, 2.45) is 0 Å². The van der Waals surface area contributed by atoms with E-state index in [0.717, 1.165) is 6.54 Å². The number of carbonyl (C=O) groups is 1. The number of carbonyl (C=O) groups excluding carboxylic acids is 1. The van der Waals surface area contributed by atoms with Crippen LogP contribution in [0.2, 0.25) is 0 Å². The molecule has 106 valence electrons. The maximum absolute atomic E-state index is 12.2. The van der Waals surface area contributed by atoms with Crippen molar-refractivity contribution >= 4 is 6.03 Å². The summed E-state index contributed by atoms with van der Waals surface area (Å²) in [5.74, 6) is 0. The van der Waals surface area contributed by atoms with Gasteiger partial charge in [-0.3, -0.25) is 0 Å². The van der Waals surface area contributed by atoms with E-state index in [4.69, 9.17) is 4.74 Å². The van der Waals surface area contributed by atoms with Crippen molar-refractivity contribution < 1.29 is 9.53 Å². The fourth-order valence-corrected chi connectivity index (χ4v) is 2.40. The molecule has 6 heteroatoms. The van der Waals surface area contributed by atoms with E-state index in [-0.39, 0.29) is 24.3 Å². The van der Waals surface area contributed by atoms with E-state index in [9.17, 15) is 4.79 Å². The fourth-order valence-electron chi connectivity index (χ4n) is 2.40. The standard InChI is InChI=1S/C13H22N4O2/c1-10(6-16-5-4-14-9-16)15-13(18)17-7-11(2)19-12(3)8-17/h4-5,9-12H,6-8H2,1-3H3,(H,15,18)/t10-,11-,12+/m0/s1. The summed E-state index contributed by atoms with van der Waals surface area (Å²) in [6.45, 7) is 7.99. The monoisotopic (exact) mass is 266 g/mol. The highest BCUT2D eigenvalue weighted by Crippen LogP contribution is 2.10. The van der Waals surface area contributed by atoms with Gasteiger partial charge in [-0.15, -0.1) is 0 Å². The van der Waals surface area contributed by atoms with Crippen LogP contribution in [0.25, 0.3) is 0 Å². The van der Waals surface area contributed by atoms with Gasteiger partial charge in [0.15, 0.2) is 0 Å². The molecule has 0 radical (unpaired) electrons. The van der Waals surface area contributed by atoms with Crippen molar-refractivity contribution in [2.45, 2.75) is 45.6 Å². The lowest BCUT2D eigenvalue weighted by molar-refractivity contribution is -0.0547. The summed E-state index contributed by atoms with van der Waals surface area (Å²) in [5.41, 5.74) is 0. The molecular formula is C13H22N4O2. The van der Waals surface area contributed by atoms with E-state index in [1.165, 1.54) is 0 Å². The van der Waals surface area contributed by atoms with Gasteiger partial charge in [0.1, 0.15) is 0 Å². The number of urea groups is 1. The minimum Gasteiger partial charge on any atom is -0.372 e. The van der Waals surface area contributed by atoms with Gasteiger partial charge in [-0.05, 0) is 20.8 Å². The Kier molecular flexibility index (Phi) is 4.42. The van der Waals surface area contributed by atoms with Gasteiger partial charge < -0.3 is 19.5 Å². The first kappa shape index (κ1) is 13.9. The summed E-state index contributed by atoms with van der Waals surface area (Å²) in [5, 5.41) is 3.01. The van der Waals surface area contributed by atoms with Crippen molar-refractivity contribution in [1.82, 2.24) is 19.8 Å². The Balaban J connectivity index is 1.82. The molecule has 1 aromatic rings.